The van der Waals surface area contributed by atoms with Crippen LogP contribution in [0, 0.1) is 10.1 Å². The minimum absolute atomic E-state index is 0.0624. The topological polar surface area (TPSA) is 73.6 Å². The van der Waals surface area contributed by atoms with Crippen molar-refractivity contribution in [3.63, 3.8) is 0 Å². The maximum Gasteiger partial charge on any atom is 0.271 e. The molecule has 2 unspecified atom stereocenters. The van der Waals surface area contributed by atoms with E-state index in [1.165, 1.54) is 12.1 Å². The van der Waals surface area contributed by atoms with Gasteiger partial charge in [-0.15, -0.1) is 0 Å². The third-order valence-corrected chi connectivity index (χ3v) is 3.58. The van der Waals surface area contributed by atoms with Gasteiger partial charge in [-0.05, 0) is 25.3 Å². The molecule has 1 fully saturated rings. The van der Waals surface area contributed by atoms with Crippen molar-refractivity contribution in [3.8, 4) is 5.75 Å². The molecule has 110 valence electrons. The van der Waals surface area contributed by atoms with Crippen LogP contribution in [-0.4, -0.2) is 30.8 Å². The molecule has 1 aromatic carbocycles. The number of benzene rings is 1. The van der Waals surface area contributed by atoms with Gasteiger partial charge in [0.15, 0.2) is 0 Å². The van der Waals surface area contributed by atoms with E-state index in [4.69, 9.17) is 9.47 Å². The number of methoxy groups -OCH3 is 1. The van der Waals surface area contributed by atoms with Gasteiger partial charge in [-0.3, -0.25) is 10.1 Å². The summed E-state index contributed by atoms with van der Waals surface area (Å²) in [5.74, 6) is 0.621. The average Bonchev–Trinajstić information content (AvgIpc) is 2.47. The fourth-order valence-electron chi connectivity index (χ4n) is 2.44. The van der Waals surface area contributed by atoms with Gasteiger partial charge in [0.05, 0.1) is 23.8 Å². The van der Waals surface area contributed by atoms with Crippen LogP contribution in [0.1, 0.15) is 26.2 Å². The lowest BCUT2D eigenvalue weighted by atomic mass is 10.0. The van der Waals surface area contributed by atoms with E-state index in [1.54, 1.807) is 13.2 Å². The molecule has 2 rings (SSSR count). The van der Waals surface area contributed by atoms with Crippen molar-refractivity contribution in [1.82, 2.24) is 0 Å². The zero-order chi connectivity index (χ0) is 14.5. The highest BCUT2D eigenvalue weighted by atomic mass is 16.6. The van der Waals surface area contributed by atoms with E-state index < -0.39 is 4.92 Å². The van der Waals surface area contributed by atoms with E-state index in [-0.39, 0.29) is 17.8 Å². The maximum atomic E-state index is 10.9. The molecule has 1 saturated heterocycles. The van der Waals surface area contributed by atoms with E-state index in [9.17, 15) is 10.1 Å². The second kappa shape index (κ2) is 6.56. The van der Waals surface area contributed by atoms with Crippen molar-refractivity contribution in [2.75, 3.05) is 19.0 Å². The van der Waals surface area contributed by atoms with Gasteiger partial charge in [-0.1, -0.05) is 6.92 Å². The van der Waals surface area contributed by atoms with Gasteiger partial charge in [0.2, 0.25) is 0 Å². The molecule has 1 N–H and O–H groups in total. The second-order valence-electron chi connectivity index (χ2n) is 4.91. The van der Waals surface area contributed by atoms with Crippen LogP contribution in [0.5, 0.6) is 5.75 Å². The van der Waals surface area contributed by atoms with E-state index in [2.05, 4.69) is 12.2 Å². The molecule has 0 radical (unpaired) electrons. The van der Waals surface area contributed by atoms with Crippen LogP contribution >= 0.6 is 0 Å². The molecule has 6 heteroatoms. The SMILES string of the molecule is CCC1CC(Nc2cc([N+](=O)[O-])ccc2OC)CCO1. The number of nitro benzene ring substituents is 1. The molecule has 0 spiro atoms. The number of hydrogen-bond donors (Lipinski definition) is 1. The molecule has 1 heterocycles. The minimum atomic E-state index is -0.399. The van der Waals surface area contributed by atoms with Crippen molar-refractivity contribution in [1.29, 1.82) is 0 Å². The van der Waals surface area contributed by atoms with Crippen LogP contribution in [-0.2, 0) is 4.74 Å². The molecule has 1 aliphatic heterocycles. The fourth-order valence-corrected chi connectivity index (χ4v) is 2.44. The highest BCUT2D eigenvalue weighted by Crippen LogP contribution is 2.31. The summed E-state index contributed by atoms with van der Waals surface area (Å²) < 4.78 is 10.9. The Morgan fingerprint density at radius 1 is 1.55 bits per heavy atom. The summed E-state index contributed by atoms with van der Waals surface area (Å²) in [6.45, 7) is 2.81. The summed E-state index contributed by atoms with van der Waals surface area (Å²) in [5, 5.41) is 14.2. The van der Waals surface area contributed by atoms with Gasteiger partial charge < -0.3 is 14.8 Å². The molecule has 0 amide bonds. The lowest BCUT2D eigenvalue weighted by molar-refractivity contribution is -0.384. The normalized spacial score (nSPS) is 22.3. The first-order valence-corrected chi connectivity index (χ1v) is 6.84. The standard InChI is InChI=1S/C14H20N2O4/c1-3-12-8-10(6-7-20-12)15-13-9-11(16(17)18)4-5-14(13)19-2/h4-5,9-10,12,15H,3,6-8H2,1-2H3. The first kappa shape index (κ1) is 14.6. The third kappa shape index (κ3) is 3.39. The molecule has 0 aromatic heterocycles. The lowest BCUT2D eigenvalue weighted by Crippen LogP contribution is -2.33. The molecular formula is C14H20N2O4. The molecule has 2 atom stereocenters. The van der Waals surface area contributed by atoms with Crippen molar-refractivity contribution >= 4 is 11.4 Å². The fraction of sp³-hybridized carbons (Fsp3) is 0.571. The van der Waals surface area contributed by atoms with Gasteiger partial charge in [0, 0.05) is 24.8 Å². The summed E-state index contributed by atoms with van der Waals surface area (Å²) in [4.78, 5) is 10.5. The Bertz CT molecular complexity index is 478. The van der Waals surface area contributed by atoms with Crippen LogP contribution in [0.4, 0.5) is 11.4 Å². The Balaban J connectivity index is 2.14. The Labute approximate surface area is 118 Å². The molecule has 20 heavy (non-hydrogen) atoms. The molecule has 0 aliphatic carbocycles. The lowest BCUT2D eigenvalue weighted by Gasteiger charge is -2.30. The van der Waals surface area contributed by atoms with E-state index in [0.29, 0.717) is 18.0 Å². The van der Waals surface area contributed by atoms with Gasteiger partial charge in [-0.25, -0.2) is 0 Å². The Morgan fingerprint density at radius 3 is 3.00 bits per heavy atom. The van der Waals surface area contributed by atoms with Crippen molar-refractivity contribution in [3.05, 3.63) is 28.3 Å². The molecule has 0 saturated carbocycles. The second-order valence-corrected chi connectivity index (χ2v) is 4.91. The maximum absolute atomic E-state index is 10.9. The zero-order valence-electron chi connectivity index (χ0n) is 11.8. The van der Waals surface area contributed by atoms with E-state index in [0.717, 1.165) is 19.3 Å². The van der Waals surface area contributed by atoms with E-state index in [1.807, 2.05) is 0 Å². The summed E-state index contributed by atoms with van der Waals surface area (Å²) in [6, 6.07) is 4.85. The van der Waals surface area contributed by atoms with Gasteiger partial charge in [0.25, 0.3) is 5.69 Å². The van der Waals surface area contributed by atoms with Crippen LogP contribution in [0.25, 0.3) is 0 Å². The third-order valence-electron chi connectivity index (χ3n) is 3.58. The van der Waals surface area contributed by atoms with Crippen LogP contribution < -0.4 is 10.1 Å². The Hall–Kier alpha value is -1.82. The number of rotatable bonds is 5. The molecular weight excluding hydrogens is 260 g/mol. The number of hydrogen-bond acceptors (Lipinski definition) is 5. The Kier molecular flexibility index (Phi) is 4.79. The average molecular weight is 280 g/mol. The smallest absolute Gasteiger partial charge is 0.271 e. The molecule has 1 aliphatic rings. The van der Waals surface area contributed by atoms with Crippen molar-refractivity contribution in [2.24, 2.45) is 0 Å². The van der Waals surface area contributed by atoms with Crippen molar-refractivity contribution < 1.29 is 14.4 Å². The van der Waals surface area contributed by atoms with Gasteiger partial charge >= 0.3 is 0 Å². The summed E-state index contributed by atoms with van der Waals surface area (Å²) in [6.07, 6.45) is 3.03. The van der Waals surface area contributed by atoms with Crippen molar-refractivity contribution in [2.45, 2.75) is 38.3 Å². The highest BCUT2D eigenvalue weighted by Gasteiger charge is 2.22. The Morgan fingerprint density at radius 2 is 2.35 bits per heavy atom. The highest BCUT2D eigenvalue weighted by molar-refractivity contribution is 5.62. The quantitative estimate of drug-likeness (QED) is 0.663. The van der Waals surface area contributed by atoms with Crippen LogP contribution in [0.3, 0.4) is 0 Å². The number of nitro groups is 1. The number of ether oxygens (including phenoxy) is 2. The summed E-state index contributed by atoms with van der Waals surface area (Å²) >= 11 is 0. The predicted octanol–water partition coefficient (Wildman–Crippen LogP) is 2.97. The van der Waals surface area contributed by atoms with Crippen LogP contribution in [0.2, 0.25) is 0 Å². The minimum Gasteiger partial charge on any atom is -0.495 e. The zero-order valence-corrected chi connectivity index (χ0v) is 11.8. The predicted molar refractivity (Wildman–Crippen MR) is 76.3 cm³/mol. The molecule has 0 bridgehead atoms. The monoisotopic (exact) mass is 280 g/mol. The molecule has 1 aromatic rings. The van der Waals surface area contributed by atoms with Gasteiger partial charge in [-0.2, -0.15) is 0 Å². The number of nitrogens with one attached hydrogen (secondary N) is 1. The number of non-ortho nitro benzene ring substituents is 1. The largest absolute Gasteiger partial charge is 0.495 e. The summed E-state index contributed by atoms with van der Waals surface area (Å²) in [5.41, 5.74) is 0.732. The number of anilines is 1. The van der Waals surface area contributed by atoms with Gasteiger partial charge in [0.1, 0.15) is 5.75 Å². The number of nitrogens with zero attached hydrogens (tertiary/aromatic N) is 1. The first-order chi connectivity index (χ1) is 9.63. The summed E-state index contributed by atoms with van der Waals surface area (Å²) in [7, 11) is 1.56. The first-order valence-electron chi connectivity index (χ1n) is 6.84. The molecule has 6 nitrogen and oxygen atoms in total. The van der Waals surface area contributed by atoms with Crippen LogP contribution in [0.15, 0.2) is 18.2 Å². The van der Waals surface area contributed by atoms with E-state index >= 15 is 0 Å².